The average Bonchev–Trinajstić information content (AvgIpc) is 2.92. The molecule has 0 fully saturated rings. The van der Waals surface area contributed by atoms with Crippen molar-refractivity contribution in [3.63, 3.8) is 0 Å². The number of fused-ring (bicyclic) bond motifs is 1. The second-order valence-electron chi connectivity index (χ2n) is 9.67. The molecule has 0 aromatic heterocycles. The van der Waals surface area contributed by atoms with Crippen molar-refractivity contribution >= 4 is 28.8 Å². The number of para-hydroxylation sites is 1. The number of amidine groups is 1. The van der Waals surface area contributed by atoms with Gasteiger partial charge in [0.25, 0.3) is 5.91 Å². The number of anilines is 1. The summed E-state index contributed by atoms with van der Waals surface area (Å²) in [5.41, 5.74) is 6.71. The number of aliphatic imine (C=N–C) groups is 1. The second kappa shape index (κ2) is 11.5. The van der Waals surface area contributed by atoms with Crippen molar-refractivity contribution in [2.24, 2.45) is 4.99 Å². The van der Waals surface area contributed by atoms with Crippen molar-refractivity contribution in [1.29, 1.82) is 0 Å². The molecule has 0 radical (unpaired) electrons. The van der Waals surface area contributed by atoms with E-state index in [-0.39, 0.29) is 11.9 Å². The Labute approximate surface area is 221 Å². The van der Waals surface area contributed by atoms with Crippen molar-refractivity contribution < 1.29 is 9.53 Å². The maximum atomic E-state index is 13.9. The number of carbonyl (C=O) groups excluding carboxylic acids is 1. The predicted octanol–water partition coefficient (Wildman–Crippen LogP) is 7.55. The van der Waals surface area contributed by atoms with Crippen molar-refractivity contribution in [3.8, 4) is 5.75 Å². The Bertz CT molecular complexity index is 1310. The van der Waals surface area contributed by atoms with Crippen LogP contribution in [0.5, 0.6) is 5.75 Å². The summed E-state index contributed by atoms with van der Waals surface area (Å²) in [6, 6.07) is 21.5. The molecule has 1 amide bonds. The van der Waals surface area contributed by atoms with Gasteiger partial charge in [0.1, 0.15) is 11.6 Å². The molecule has 0 spiro atoms. The molecular weight excluding hydrogens is 458 g/mol. The van der Waals surface area contributed by atoms with Gasteiger partial charge in [-0.2, -0.15) is 0 Å². The van der Waals surface area contributed by atoms with Crippen molar-refractivity contribution in [3.05, 3.63) is 95.6 Å². The van der Waals surface area contributed by atoms with Crippen LogP contribution in [-0.2, 0) is 0 Å². The first-order chi connectivity index (χ1) is 17.8. The Hall–Kier alpha value is -3.86. The summed E-state index contributed by atoms with van der Waals surface area (Å²) in [4.78, 5) is 23.1. The number of rotatable bonds is 9. The molecule has 1 atom stereocenters. The molecule has 1 heterocycles. The zero-order valence-electron chi connectivity index (χ0n) is 22.6. The summed E-state index contributed by atoms with van der Waals surface area (Å²) in [6.07, 6.45) is 3.07. The summed E-state index contributed by atoms with van der Waals surface area (Å²) >= 11 is 0. The Morgan fingerprint density at radius 3 is 2.49 bits per heavy atom. The van der Waals surface area contributed by atoms with Gasteiger partial charge in [0, 0.05) is 23.4 Å². The van der Waals surface area contributed by atoms with Crippen LogP contribution in [0.1, 0.15) is 60.2 Å². The quantitative estimate of drug-likeness (QED) is 0.288. The highest BCUT2D eigenvalue weighted by Crippen LogP contribution is 2.39. The first-order valence-electron chi connectivity index (χ1n) is 13.0. The number of benzene rings is 3. The molecule has 4 rings (SSSR count). The largest absolute Gasteiger partial charge is 0.497 e. The summed E-state index contributed by atoms with van der Waals surface area (Å²) < 4.78 is 5.30. The van der Waals surface area contributed by atoms with Crippen molar-refractivity contribution in [2.45, 2.75) is 53.0 Å². The highest BCUT2D eigenvalue weighted by Gasteiger charge is 2.34. The highest BCUT2D eigenvalue weighted by molar-refractivity contribution is 6.16. The van der Waals surface area contributed by atoms with E-state index in [0.717, 1.165) is 64.6 Å². The topological polar surface area (TPSA) is 45.1 Å². The van der Waals surface area contributed by atoms with E-state index in [4.69, 9.17) is 9.73 Å². The van der Waals surface area contributed by atoms with Gasteiger partial charge >= 0.3 is 0 Å². The molecule has 0 aliphatic carbocycles. The van der Waals surface area contributed by atoms with E-state index in [1.807, 2.05) is 47.4 Å². The number of ether oxygens (including phenoxy) is 1. The van der Waals surface area contributed by atoms with E-state index in [9.17, 15) is 4.79 Å². The van der Waals surface area contributed by atoms with Crippen LogP contribution in [0.3, 0.4) is 0 Å². The first-order valence-corrected chi connectivity index (χ1v) is 13.0. The fourth-order valence-corrected chi connectivity index (χ4v) is 4.80. The number of amides is 1. The SMILES string of the molecule is C=C1c2ccccc2N=C(C(C)N(CCCCC)C(=O)c2ccc(OC)cc2)N1c1cc(C)ccc1C. The third kappa shape index (κ3) is 5.46. The molecule has 3 aromatic rings. The number of unbranched alkanes of at least 4 members (excludes halogenated alkanes) is 2. The van der Waals surface area contributed by atoms with Crippen LogP contribution in [0.15, 0.2) is 78.3 Å². The minimum atomic E-state index is -0.281. The van der Waals surface area contributed by atoms with Gasteiger partial charge in [-0.05, 0) is 74.7 Å². The molecule has 5 nitrogen and oxygen atoms in total. The minimum absolute atomic E-state index is 0.0145. The molecule has 0 saturated heterocycles. The predicted molar refractivity (Wildman–Crippen MR) is 154 cm³/mol. The normalized spacial score (nSPS) is 13.6. The van der Waals surface area contributed by atoms with Crippen LogP contribution < -0.4 is 9.64 Å². The maximum Gasteiger partial charge on any atom is 0.254 e. The smallest absolute Gasteiger partial charge is 0.254 e. The molecule has 1 aliphatic rings. The Morgan fingerprint density at radius 1 is 1.05 bits per heavy atom. The lowest BCUT2D eigenvalue weighted by atomic mass is 10.0. The third-order valence-electron chi connectivity index (χ3n) is 7.00. The molecule has 0 saturated carbocycles. The molecule has 37 heavy (non-hydrogen) atoms. The van der Waals surface area contributed by atoms with Crippen LogP contribution in [0, 0.1) is 13.8 Å². The molecular formula is C32H37N3O2. The molecule has 1 aliphatic heterocycles. The van der Waals surface area contributed by atoms with Gasteiger partial charge < -0.3 is 9.64 Å². The van der Waals surface area contributed by atoms with E-state index in [0.29, 0.717) is 12.1 Å². The lowest BCUT2D eigenvalue weighted by Gasteiger charge is -2.39. The number of hydrogen-bond donors (Lipinski definition) is 0. The number of hydrogen-bond acceptors (Lipinski definition) is 4. The number of aryl methyl sites for hydroxylation is 2. The Kier molecular flexibility index (Phi) is 8.12. The molecule has 0 N–H and O–H groups in total. The van der Waals surface area contributed by atoms with Crippen LogP contribution in [0.2, 0.25) is 0 Å². The van der Waals surface area contributed by atoms with Crippen molar-refractivity contribution in [2.75, 3.05) is 18.6 Å². The van der Waals surface area contributed by atoms with E-state index < -0.39 is 0 Å². The first kappa shape index (κ1) is 26.2. The average molecular weight is 496 g/mol. The minimum Gasteiger partial charge on any atom is -0.497 e. The van der Waals surface area contributed by atoms with Gasteiger partial charge in [-0.25, -0.2) is 4.99 Å². The van der Waals surface area contributed by atoms with E-state index >= 15 is 0 Å². The van der Waals surface area contributed by atoms with Crippen molar-refractivity contribution in [1.82, 2.24) is 4.90 Å². The monoisotopic (exact) mass is 495 g/mol. The summed E-state index contributed by atoms with van der Waals surface area (Å²) in [5.74, 6) is 1.52. The van der Waals surface area contributed by atoms with Gasteiger partial charge in [-0.1, -0.05) is 56.7 Å². The Morgan fingerprint density at radius 2 is 1.78 bits per heavy atom. The standard InChI is InChI=1S/C32H37N3O2/c1-7-8-11-20-34(32(36)26-16-18-27(37-6)19-17-26)25(5)31-33-29-13-10-9-12-28(29)24(4)35(31)30-21-22(2)14-15-23(30)3/h9-10,12-19,21,25H,4,7-8,11,20H2,1-3,5-6H3. The number of carbonyl (C=O) groups is 1. The van der Waals surface area contributed by atoms with Crippen LogP contribution in [0.25, 0.3) is 5.70 Å². The second-order valence-corrected chi connectivity index (χ2v) is 9.67. The van der Waals surface area contributed by atoms with Crippen LogP contribution in [-0.4, -0.2) is 36.3 Å². The number of methoxy groups -OCH3 is 1. The third-order valence-corrected chi connectivity index (χ3v) is 7.00. The van der Waals surface area contributed by atoms with Gasteiger partial charge in [0.05, 0.1) is 24.5 Å². The molecule has 5 heteroatoms. The van der Waals surface area contributed by atoms with E-state index in [1.54, 1.807) is 7.11 Å². The zero-order valence-corrected chi connectivity index (χ0v) is 22.6. The van der Waals surface area contributed by atoms with E-state index in [1.165, 1.54) is 0 Å². The fraction of sp³-hybridized carbons (Fsp3) is 0.312. The zero-order chi connectivity index (χ0) is 26.5. The van der Waals surface area contributed by atoms with Gasteiger partial charge in [-0.3, -0.25) is 9.69 Å². The van der Waals surface area contributed by atoms with Crippen LogP contribution >= 0.6 is 0 Å². The number of nitrogens with zero attached hydrogens (tertiary/aromatic N) is 3. The van der Waals surface area contributed by atoms with E-state index in [2.05, 4.69) is 63.4 Å². The van der Waals surface area contributed by atoms with Gasteiger partial charge in [0.15, 0.2) is 0 Å². The summed E-state index contributed by atoms with van der Waals surface area (Å²) in [7, 11) is 1.63. The van der Waals surface area contributed by atoms with Gasteiger partial charge in [0.2, 0.25) is 0 Å². The molecule has 192 valence electrons. The molecule has 0 bridgehead atoms. The summed E-state index contributed by atoms with van der Waals surface area (Å²) in [6.45, 7) is 13.6. The lowest BCUT2D eigenvalue weighted by Crippen LogP contribution is -2.50. The Balaban J connectivity index is 1.81. The summed E-state index contributed by atoms with van der Waals surface area (Å²) in [5, 5.41) is 0. The van der Waals surface area contributed by atoms with Crippen LogP contribution in [0.4, 0.5) is 11.4 Å². The molecule has 3 aromatic carbocycles. The fourth-order valence-electron chi connectivity index (χ4n) is 4.80. The highest BCUT2D eigenvalue weighted by atomic mass is 16.5. The maximum absolute atomic E-state index is 13.9. The van der Waals surface area contributed by atoms with Gasteiger partial charge in [-0.15, -0.1) is 0 Å². The lowest BCUT2D eigenvalue weighted by molar-refractivity contribution is 0.0731. The molecule has 1 unspecified atom stereocenters.